The minimum absolute atomic E-state index is 0.0692. The number of halogens is 5. The first-order chi connectivity index (χ1) is 16.5. The van der Waals surface area contributed by atoms with E-state index in [-0.39, 0.29) is 22.0 Å². The number of benzene rings is 3. The van der Waals surface area contributed by atoms with Crippen LogP contribution in [-0.2, 0) is 4.79 Å². The number of hydrogen-bond donors (Lipinski definition) is 2. The minimum atomic E-state index is -1.36. The summed E-state index contributed by atoms with van der Waals surface area (Å²) in [4.78, 5) is 35.9. The number of amides is 2. The average molecular weight is 574 g/mol. The molecule has 0 radical (unpaired) electrons. The first-order valence-corrected chi connectivity index (χ1v) is 11.9. The number of nitro groups is 1. The van der Waals surface area contributed by atoms with Crippen molar-refractivity contribution in [1.82, 2.24) is 0 Å². The first-order valence-electron chi connectivity index (χ1n) is 9.97. The molecule has 3 aromatic carbocycles. The van der Waals surface area contributed by atoms with Gasteiger partial charge in [0.2, 0.25) is 5.91 Å². The van der Waals surface area contributed by atoms with E-state index < -0.39 is 32.9 Å². The Bertz CT molecular complexity index is 1340. The fourth-order valence-corrected chi connectivity index (χ4v) is 5.23. The van der Waals surface area contributed by atoms with Crippen LogP contribution in [0.25, 0.3) is 0 Å². The normalized spacial score (nSPS) is 18.0. The van der Waals surface area contributed by atoms with E-state index in [1.807, 2.05) is 0 Å². The molecule has 1 saturated carbocycles. The van der Waals surface area contributed by atoms with Gasteiger partial charge in [-0.15, -0.1) is 23.2 Å². The van der Waals surface area contributed by atoms with Gasteiger partial charge in [-0.1, -0.05) is 40.9 Å². The molecule has 7 nitrogen and oxygen atoms in total. The van der Waals surface area contributed by atoms with Crippen molar-refractivity contribution in [1.29, 1.82) is 0 Å². The Kier molecular flexibility index (Phi) is 7.18. The van der Waals surface area contributed by atoms with Crippen LogP contribution in [0.1, 0.15) is 21.8 Å². The molecule has 0 aliphatic heterocycles. The summed E-state index contributed by atoms with van der Waals surface area (Å²) in [6.45, 7) is 0. The Morgan fingerprint density at radius 1 is 0.914 bits per heavy atom. The summed E-state index contributed by atoms with van der Waals surface area (Å²) in [5, 5.41) is 17.3. The lowest BCUT2D eigenvalue weighted by Crippen LogP contribution is -2.17. The van der Waals surface area contributed by atoms with Crippen LogP contribution in [0.2, 0.25) is 15.1 Å². The predicted molar refractivity (Wildman–Crippen MR) is 138 cm³/mol. The molecular formula is C23H14Cl5N3O4. The molecule has 1 aliphatic carbocycles. The highest BCUT2D eigenvalue weighted by molar-refractivity contribution is 6.53. The molecule has 0 saturated heterocycles. The summed E-state index contributed by atoms with van der Waals surface area (Å²) >= 11 is 31.1. The number of nitrogens with zero attached hydrogens (tertiary/aromatic N) is 1. The molecule has 0 aromatic heterocycles. The number of rotatable bonds is 6. The van der Waals surface area contributed by atoms with Crippen molar-refractivity contribution < 1.29 is 14.5 Å². The molecule has 0 heterocycles. The van der Waals surface area contributed by atoms with E-state index in [1.54, 1.807) is 24.3 Å². The van der Waals surface area contributed by atoms with Crippen LogP contribution in [0.5, 0.6) is 0 Å². The molecule has 4 rings (SSSR count). The van der Waals surface area contributed by atoms with Crippen LogP contribution in [-0.4, -0.2) is 21.1 Å². The summed E-state index contributed by atoms with van der Waals surface area (Å²) in [7, 11) is 0. The van der Waals surface area contributed by atoms with Gasteiger partial charge in [0, 0.05) is 39.3 Å². The number of nitro benzene ring substituents is 1. The Hall–Kier alpha value is -2.55. The van der Waals surface area contributed by atoms with Crippen LogP contribution >= 0.6 is 58.0 Å². The van der Waals surface area contributed by atoms with Crippen molar-refractivity contribution in [3.8, 4) is 0 Å². The number of hydrogen-bond acceptors (Lipinski definition) is 4. The molecule has 0 spiro atoms. The summed E-state index contributed by atoms with van der Waals surface area (Å²) in [6, 6.07) is 14.6. The number of nitrogens with one attached hydrogen (secondary N) is 2. The monoisotopic (exact) mass is 571 g/mol. The lowest BCUT2D eigenvalue weighted by Gasteiger charge is -2.11. The molecule has 12 heteroatoms. The molecular weight excluding hydrogens is 560 g/mol. The number of alkyl halides is 2. The van der Waals surface area contributed by atoms with Gasteiger partial charge in [-0.2, -0.15) is 0 Å². The average Bonchev–Trinajstić information content (AvgIpc) is 3.37. The van der Waals surface area contributed by atoms with E-state index in [4.69, 9.17) is 58.0 Å². The summed E-state index contributed by atoms with van der Waals surface area (Å²) in [5.74, 6) is -2.37. The SMILES string of the molecule is O=C(Nc1cc(NC(=O)[C@H]2[C@H](c3cc(Cl)cc(Cl)c3)C2(Cl)Cl)ccc1Cl)c1cccc([N+](=O)[O-])c1. The van der Waals surface area contributed by atoms with Crippen molar-refractivity contribution in [2.24, 2.45) is 5.92 Å². The molecule has 1 fully saturated rings. The molecule has 180 valence electrons. The quantitative estimate of drug-likeness (QED) is 0.183. The molecule has 0 unspecified atom stereocenters. The lowest BCUT2D eigenvalue weighted by molar-refractivity contribution is -0.384. The second-order valence-corrected chi connectivity index (χ2v) is 10.5. The van der Waals surface area contributed by atoms with Crippen molar-refractivity contribution in [2.75, 3.05) is 10.6 Å². The molecule has 0 bridgehead atoms. The van der Waals surface area contributed by atoms with Gasteiger partial charge in [0.25, 0.3) is 11.6 Å². The standard InChI is InChI=1S/C23H14Cl5N3O4/c24-13-6-12(7-14(25)9-13)19-20(23(19,27)28)22(33)29-15-4-5-17(26)18(10-15)30-21(32)11-2-1-3-16(8-11)31(34)35/h1-10,19-20H,(H,29,33)(H,30,32)/t19-,20+/m0/s1. The van der Waals surface area contributed by atoms with E-state index in [0.717, 1.165) is 6.07 Å². The molecule has 35 heavy (non-hydrogen) atoms. The van der Waals surface area contributed by atoms with Crippen molar-refractivity contribution in [3.63, 3.8) is 0 Å². The van der Waals surface area contributed by atoms with E-state index in [9.17, 15) is 19.7 Å². The van der Waals surface area contributed by atoms with Crippen LogP contribution in [0.15, 0.2) is 60.7 Å². The van der Waals surface area contributed by atoms with Gasteiger partial charge in [-0.25, -0.2) is 0 Å². The van der Waals surface area contributed by atoms with E-state index in [0.29, 0.717) is 21.3 Å². The highest BCUT2D eigenvalue weighted by Gasteiger charge is 2.67. The zero-order valence-electron chi connectivity index (χ0n) is 17.4. The maximum absolute atomic E-state index is 13.0. The third-order valence-electron chi connectivity index (χ3n) is 5.38. The summed E-state index contributed by atoms with van der Waals surface area (Å²) in [5.41, 5.74) is 0.995. The predicted octanol–water partition coefficient (Wildman–Crippen LogP) is 7.33. The third kappa shape index (κ3) is 5.50. The Labute approximate surface area is 224 Å². The van der Waals surface area contributed by atoms with E-state index >= 15 is 0 Å². The van der Waals surface area contributed by atoms with Gasteiger partial charge in [0.1, 0.15) is 4.33 Å². The smallest absolute Gasteiger partial charge is 0.270 e. The number of anilines is 2. The fourth-order valence-electron chi connectivity index (χ4n) is 3.70. The largest absolute Gasteiger partial charge is 0.326 e. The van der Waals surface area contributed by atoms with Gasteiger partial charge in [0.05, 0.1) is 21.6 Å². The molecule has 2 atom stereocenters. The van der Waals surface area contributed by atoms with E-state index in [1.165, 1.54) is 30.3 Å². The fraction of sp³-hybridized carbons (Fsp3) is 0.130. The number of carbonyl (C=O) groups excluding carboxylic acids is 2. The molecule has 3 aromatic rings. The second kappa shape index (κ2) is 9.84. The lowest BCUT2D eigenvalue weighted by atomic mass is 10.1. The topological polar surface area (TPSA) is 101 Å². The summed E-state index contributed by atoms with van der Waals surface area (Å²) in [6.07, 6.45) is 0. The van der Waals surface area contributed by atoms with Gasteiger partial charge in [0.15, 0.2) is 0 Å². The van der Waals surface area contributed by atoms with Gasteiger partial charge in [-0.05, 0) is 48.0 Å². The van der Waals surface area contributed by atoms with Crippen molar-refractivity contribution in [2.45, 2.75) is 10.3 Å². The highest BCUT2D eigenvalue weighted by atomic mass is 35.5. The number of non-ortho nitro benzene ring substituents is 1. The van der Waals surface area contributed by atoms with Crippen LogP contribution < -0.4 is 10.6 Å². The van der Waals surface area contributed by atoms with Crippen LogP contribution in [0, 0.1) is 16.0 Å². The van der Waals surface area contributed by atoms with Gasteiger partial charge >= 0.3 is 0 Å². The third-order valence-corrected chi connectivity index (χ3v) is 7.09. The minimum Gasteiger partial charge on any atom is -0.326 e. The van der Waals surface area contributed by atoms with Crippen molar-refractivity contribution in [3.05, 3.63) is 97.0 Å². The van der Waals surface area contributed by atoms with Gasteiger partial charge < -0.3 is 10.6 Å². The van der Waals surface area contributed by atoms with Crippen LogP contribution in [0.3, 0.4) is 0 Å². The Balaban J connectivity index is 1.50. The maximum atomic E-state index is 13.0. The summed E-state index contributed by atoms with van der Waals surface area (Å²) < 4.78 is -1.36. The van der Waals surface area contributed by atoms with Crippen molar-refractivity contribution >= 4 is 86.9 Å². The molecule has 1 aliphatic rings. The zero-order valence-corrected chi connectivity index (χ0v) is 21.2. The maximum Gasteiger partial charge on any atom is 0.270 e. The molecule has 2 N–H and O–H groups in total. The first kappa shape index (κ1) is 25.5. The Morgan fingerprint density at radius 2 is 1.60 bits per heavy atom. The number of carbonyl (C=O) groups is 2. The molecule has 2 amide bonds. The van der Waals surface area contributed by atoms with Gasteiger partial charge in [-0.3, -0.25) is 19.7 Å². The Morgan fingerprint density at radius 3 is 2.26 bits per heavy atom. The highest BCUT2D eigenvalue weighted by Crippen LogP contribution is 2.65. The van der Waals surface area contributed by atoms with Crippen LogP contribution in [0.4, 0.5) is 17.1 Å². The zero-order chi connectivity index (χ0) is 25.5. The van der Waals surface area contributed by atoms with E-state index in [2.05, 4.69) is 10.6 Å². The second-order valence-electron chi connectivity index (χ2n) is 7.78.